The number of nitrogen functional groups attached to an aromatic ring is 1. The van der Waals surface area contributed by atoms with Crippen LogP contribution in [0.25, 0.3) is 11.3 Å². The van der Waals surface area contributed by atoms with Crippen molar-refractivity contribution in [2.75, 3.05) is 12.0 Å². The Labute approximate surface area is 115 Å². The second-order valence-corrected chi connectivity index (χ2v) is 4.00. The highest BCUT2D eigenvalue weighted by Gasteiger charge is 2.03. The van der Waals surface area contributed by atoms with Crippen molar-refractivity contribution in [1.29, 1.82) is 0 Å². The van der Waals surface area contributed by atoms with Gasteiger partial charge in [0.25, 0.3) is 0 Å². The van der Waals surface area contributed by atoms with E-state index in [4.69, 9.17) is 10.6 Å². The summed E-state index contributed by atoms with van der Waals surface area (Å²) in [6.45, 7) is 2.64. The van der Waals surface area contributed by atoms with E-state index in [2.05, 4.69) is 10.4 Å². The van der Waals surface area contributed by atoms with E-state index in [1.165, 1.54) is 11.3 Å². The number of anilines is 1. The minimum absolute atomic E-state index is 0. The fourth-order valence-corrected chi connectivity index (χ4v) is 1.99. The third kappa shape index (κ3) is 3.42. The number of nitrogens with one attached hydrogen (secondary N) is 1. The van der Waals surface area contributed by atoms with E-state index in [9.17, 15) is 0 Å². The molecule has 0 spiro atoms. The highest BCUT2D eigenvalue weighted by Crippen LogP contribution is 2.25. The van der Waals surface area contributed by atoms with E-state index in [1.54, 1.807) is 0 Å². The summed E-state index contributed by atoms with van der Waals surface area (Å²) in [7, 11) is 0. The number of aromatic nitrogens is 1. The Morgan fingerprint density at radius 3 is 2.59 bits per heavy atom. The van der Waals surface area contributed by atoms with Crippen LogP contribution in [-0.2, 0) is 0 Å². The summed E-state index contributed by atoms with van der Waals surface area (Å²) >= 11 is 1.48. The molecular weight excluding hydrogens is 302 g/mol. The first-order valence-corrected chi connectivity index (χ1v) is 5.87. The lowest BCUT2D eigenvalue weighted by Crippen LogP contribution is -2.05. The molecule has 4 nitrogen and oxygen atoms in total. The van der Waals surface area contributed by atoms with Crippen LogP contribution in [0.15, 0.2) is 29.6 Å². The summed E-state index contributed by atoms with van der Waals surface area (Å²) in [5, 5.41) is 2.68. The summed E-state index contributed by atoms with van der Waals surface area (Å²) in [5.74, 6) is 6.16. The first-order valence-electron chi connectivity index (χ1n) is 4.99. The molecule has 1 aromatic carbocycles. The number of halogens is 1. The lowest BCUT2D eigenvalue weighted by molar-refractivity contribution is 0.340. The van der Waals surface area contributed by atoms with Gasteiger partial charge in [0.05, 0.1) is 12.3 Å². The predicted octanol–water partition coefficient (Wildman–Crippen LogP) is 3.07. The maximum absolute atomic E-state index is 5.37. The van der Waals surface area contributed by atoms with Crippen molar-refractivity contribution >= 4 is 33.4 Å². The number of rotatable bonds is 4. The zero-order chi connectivity index (χ0) is 11.4. The topological polar surface area (TPSA) is 60.2 Å². The number of hydrazine groups is 1. The minimum atomic E-state index is 0. The molecule has 0 saturated carbocycles. The Morgan fingerprint density at radius 2 is 2.06 bits per heavy atom. The van der Waals surface area contributed by atoms with E-state index in [1.807, 2.05) is 36.6 Å². The van der Waals surface area contributed by atoms with Gasteiger partial charge in [0.15, 0.2) is 5.13 Å². The van der Waals surface area contributed by atoms with Crippen LogP contribution < -0.4 is 16.0 Å². The van der Waals surface area contributed by atoms with Crippen LogP contribution in [0.1, 0.15) is 6.92 Å². The van der Waals surface area contributed by atoms with Crippen LogP contribution in [0.5, 0.6) is 5.75 Å². The average molecular weight is 316 g/mol. The number of nitrogens with zero attached hydrogens (tertiary/aromatic N) is 1. The first-order chi connectivity index (χ1) is 7.83. The molecule has 0 saturated heterocycles. The second kappa shape index (κ2) is 6.58. The van der Waals surface area contributed by atoms with Crippen molar-refractivity contribution < 1.29 is 4.74 Å². The molecule has 92 valence electrons. The Hall–Kier alpha value is -1.11. The van der Waals surface area contributed by atoms with E-state index < -0.39 is 0 Å². The Balaban J connectivity index is 0.00000144. The van der Waals surface area contributed by atoms with Gasteiger partial charge in [0.1, 0.15) is 5.75 Å². The molecule has 0 atom stereocenters. The molecule has 0 bridgehead atoms. The van der Waals surface area contributed by atoms with Gasteiger partial charge in [0, 0.05) is 10.9 Å². The van der Waals surface area contributed by atoms with Gasteiger partial charge < -0.3 is 4.74 Å². The maximum atomic E-state index is 5.37. The zero-order valence-electron chi connectivity index (χ0n) is 9.34. The lowest BCUT2D eigenvalue weighted by atomic mass is 10.2. The number of thiazole rings is 1. The van der Waals surface area contributed by atoms with Gasteiger partial charge in [-0.15, -0.1) is 28.3 Å². The van der Waals surface area contributed by atoms with E-state index in [-0.39, 0.29) is 17.0 Å². The average Bonchev–Trinajstić information content (AvgIpc) is 2.79. The van der Waals surface area contributed by atoms with Crippen LogP contribution in [-0.4, -0.2) is 11.6 Å². The predicted molar refractivity (Wildman–Crippen MR) is 76.9 cm³/mol. The summed E-state index contributed by atoms with van der Waals surface area (Å²) < 4.78 is 5.37. The molecule has 2 aromatic rings. The molecular formula is C11H14BrN3OS. The number of benzene rings is 1. The van der Waals surface area contributed by atoms with Crippen molar-refractivity contribution in [1.82, 2.24) is 4.98 Å². The summed E-state index contributed by atoms with van der Waals surface area (Å²) in [5.41, 5.74) is 4.51. The van der Waals surface area contributed by atoms with Crippen LogP contribution in [0.3, 0.4) is 0 Å². The van der Waals surface area contributed by atoms with Crippen molar-refractivity contribution in [2.45, 2.75) is 6.92 Å². The Kier molecular flexibility index (Phi) is 5.40. The summed E-state index contributed by atoms with van der Waals surface area (Å²) in [6, 6.07) is 7.85. The third-order valence-corrected chi connectivity index (χ3v) is 2.86. The number of hydrogen-bond acceptors (Lipinski definition) is 5. The van der Waals surface area contributed by atoms with Crippen molar-refractivity contribution in [2.24, 2.45) is 5.84 Å². The molecule has 0 aliphatic rings. The molecule has 0 fully saturated rings. The van der Waals surface area contributed by atoms with Gasteiger partial charge in [-0.1, -0.05) is 0 Å². The fraction of sp³-hybridized carbons (Fsp3) is 0.182. The first kappa shape index (κ1) is 14.0. The molecule has 6 heteroatoms. The fourth-order valence-electron chi connectivity index (χ4n) is 1.36. The van der Waals surface area contributed by atoms with E-state index >= 15 is 0 Å². The van der Waals surface area contributed by atoms with Crippen LogP contribution in [0, 0.1) is 0 Å². The van der Waals surface area contributed by atoms with Crippen molar-refractivity contribution in [3.63, 3.8) is 0 Å². The molecule has 1 aromatic heterocycles. The van der Waals surface area contributed by atoms with E-state index in [0.717, 1.165) is 17.0 Å². The molecule has 0 amide bonds. The van der Waals surface area contributed by atoms with Gasteiger partial charge in [-0.25, -0.2) is 10.8 Å². The summed E-state index contributed by atoms with van der Waals surface area (Å²) in [4.78, 5) is 4.32. The van der Waals surface area contributed by atoms with Crippen LogP contribution >= 0.6 is 28.3 Å². The molecule has 3 N–H and O–H groups in total. The third-order valence-electron chi connectivity index (χ3n) is 2.09. The SMILES string of the molecule is Br.CCOc1ccc(-c2csc(NN)n2)cc1. The second-order valence-electron chi connectivity index (χ2n) is 3.14. The largest absolute Gasteiger partial charge is 0.494 e. The zero-order valence-corrected chi connectivity index (χ0v) is 11.9. The molecule has 2 rings (SSSR count). The normalized spacial score (nSPS) is 9.53. The Bertz CT molecular complexity index is 458. The highest BCUT2D eigenvalue weighted by molar-refractivity contribution is 8.93. The monoisotopic (exact) mass is 315 g/mol. The minimum Gasteiger partial charge on any atom is -0.494 e. The van der Waals surface area contributed by atoms with Gasteiger partial charge in [0.2, 0.25) is 0 Å². The molecule has 0 aliphatic heterocycles. The number of hydrogen-bond donors (Lipinski definition) is 2. The lowest BCUT2D eigenvalue weighted by Gasteiger charge is -2.03. The smallest absolute Gasteiger partial charge is 0.197 e. The van der Waals surface area contributed by atoms with E-state index in [0.29, 0.717) is 11.7 Å². The molecule has 0 radical (unpaired) electrons. The van der Waals surface area contributed by atoms with Crippen LogP contribution in [0.2, 0.25) is 0 Å². The highest BCUT2D eigenvalue weighted by atomic mass is 79.9. The number of nitrogens with two attached hydrogens (primary N) is 1. The van der Waals surface area contributed by atoms with Gasteiger partial charge in [-0.3, -0.25) is 5.43 Å². The quantitative estimate of drug-likeness (QED) is 0.672. The van der Waals surface area contributed by atoms with Crippen molar-refractivity contribution in [3.05, 3.63) is 29.6 Å². The van der Waals surface area contributed by atoms with Gasteiger partial charge in [-0.2, -0.15) is 0 Å². The molecule has 17 heavy (non-hydrogen) atoms. The number of ether oxygens (including phenoxy) is 1. The van der Waals surface area contributed by atoms with Gasteiger partial charge >= 0.3 is 0 Å². The standard InChI is InChI=1S/C11H13N3OS.BrH/c1-2-15-9-5-3-8(4-6-9)10-7-16-11(13-10)14-12;/h3-7H,2,12H2,1H3,(H,13,14);1H. The molecule has 1 heterocycles. The van der Waals surface area contributed by atoms with Crippen molar-refractivity contribution in [3.8, 4) is 17.0 Å². The van der Waals surface area contributed by atoms with Crippen LogP contribution in [0.4, 0.5) is 5.13 Å². The Morgan fingerprint density at radius 1 is 1.35 bits per heavy atom. The molecule has 0 aliphatic carbocycles. The molecule has 0 unspecified atom stereocenters. The maximum Gasteiger partial charge on any atom is 0.197 e. The van der Waals surface area contributed by atoms with Gasteiger partial charge in [-0.05, 0) is 31.2 Å². The summed E-state index contributed by atoms with van der Waals surface area (Å²) in [6.07, 6.45) is 0.